The molecule has 0 radical (unpaired) electrons. The van der Waals surface area contributed by atoms with Gasteiger partial charge >= 0.3 is 0 Å². The molecule has 0 atom stereocenters. The monoisotopic (exact) mass is 370 g/mol. The summed E-state index contributed by atoms with van der Waals surface area (Å²) in [4.78, 5) is 18.3. The zero-order valence-electron chi connectivity index (χ0n) is 16.3. The highest BCUT2D eigenvalue weighted by atomic mass is 15.1. The van der Waals surface area contributed by atoms with E-state index in [-0.39, 0.29) is 0 Å². The fraction of sp³-hybridized carbons (Fsp3) is 0.273. The number of hydrogen-bond donors (Lipinski definition) is 1. The number of aryl methyl sites for hydroxylation is 2. The van der Waals surface area contributed by atoms with Gasteiger partial charge in [0.15, 0.2) is 5.82 Å². The Hall–Kier alpha value is -3.28. The zero-order chi connectivity index (χ0) is 19.3. The first-order chi connectivity index (χ1) is 13.6. The molecule has 4 aromatic rings. The van der Waals surface area contributed by atoms with E-state index in [4.69, 9.17) is 9.97 Å². The molecule has 3 aromatic heterocycles. The van der Waals surface area contributed by atoms with E-state index in [1.54, 1.807) is 12.4 Å². The number of hydrogen-bond acceptors (Lipinski definition) is 5. The lowest BCUT2D eigenvalue weighted by molar-refractivity contribution is 0.820. The minimum atomic E-state index is 0.628. The maximum atomic E-state index is 4.86. The number of aromatic nitrogens is 5. The van der Waals surface area contributed by atoms with Crippen molar-refractivity contribution in [1.29, 1.82) is 0 Å². The van der Waals surface area contributed by atoms with E-state index in [0.717, 1.165) is 33.8 Å². The molecule has 140 valence electrons. The average molecular weight is 370 g/mol. The maximum absolute atomic E-state index is 4.86. The Morgan fingerprint density at radius 3 is 2.54 bits per heavy atom. The van der Waals surface area contributed by atoms with E-state index in [2.05, 4.69) is 45.1 Å². The van der Waals surface area contributed by atoms with E-state index in [1.165, 1.54) is 24.2 Å². The van der Waals surface area contributed by atoms with Crippen LogP contribution in [0.25, 0.3) is 22.4 Å². The molecule has 0 saturated heterocycles. The summed E-state index contributed by atoms with van der Waals surface area (Å²) < 4.78 is 2.22. The van der Waals surface area contributed by atoms with Gasteiger partial charge < -0.3 is 9.88 Å². The third kappa shape index (κ3) is 2.91. The number of pyridine rings is 1. The first kappa shape index (κ1) is 16.9. The largest absolute Gasteiger partial charge is 0.340 e. The molecule has 0 unspecified atom stereocenters. The van der Waals surface area contributed by atoms with Crippen LogP contribution in [-0.2, 0) is 7.05 Å². The van der Waals surface area contributed by atoms with Crippen LogP contribution < -0.4 is 5.32 Å². The maximum Gasteiger partial charge on any atom is 0.161 e. The smallest absolute Gasteiger partial charge is 0.161 e. The van der Waals surface area contributed by atoms with Gasteiger partial charge in [0.05, 0.1) is 11.0 Å². The molecular formula is C22H22N6. The van der Waals surface area contributed by atoms with Crippen LogP contribution in [0.5, 0.6) is 0 Å². The van der Waals surface area contributed by atoms with Gasteiger partial charge in [0.2, 0.25) is 0 Å². The highest BCUT2D eigenvalue weighted by Crippen LogP contribution is 2.40. The lowest BCUT2D eigenvalue weighted by Gasteiger charge is -2.12. The summed E-state index contributed by atoms with van der Waals surface area (Å²) in [6.07, 6.45) is 6.01. The number of rotatable bonds is 4. The second-order valence-corrected chi connectivity index (χ2v) is 7.47. The van der Waals surface area contributed by atoms with Crippen molar-refractivity contribution in [3.05, 3.63) is 59.8 Å². The molecule has 3 heterocycles. The van der Waals surface area contributed by atoms with Crippen molar-refractivity contribution in [2.75, 3.05) is 5.32 Å². The van der Waals surface area contributed by atoms with Crippen LogP contribution in [0, 0.1) is 13.8 Å². The van der Waals surface area contributed by atoms with E-state index >= 15 is 0 Å². The second kappa shape index (κ2) is 6.41. The first-order valence-corrected chi connectivity index (χ1v) is 9.59. The molecule has 1 fully saturated rings. The number of nitrogens with one attached hydrogen (secondary N) is 1. The van der Waals surface area contributed by atoms with Gasteiger partial charge in [0.1, 0.15) is 11.6 Å². The number of imidazole rings is 1. The van der Waals surface area contributed by atoms with Crippen molar-refractivity contribution in [3.63, 3.8) is 0 Å². The minimum Gasteiger partial charge on any atom is -0.340 e. The summed E-state index contributed by atoms with van der Waals surface area (Å²) in [6, 6.07) is 10.2. The third-order valence-electron chi connectivity index (χ3n) is 5.45. The number of benzene rings is 1. The summed E-state index contributed by atoms with van der Waals surface area (Å²) in [5, 5.41) is 3.47. The third-order valence-corrected chi connectivity index (χ3v) is 5.45. The van der Waals surface area contributed by atoms with Crippen molar-refractivity contribution in [2.45, 2.75) is 32.6 Å². The molecule has 1 saturated carbocycles. The van der Waals surface area contributed by atoms with E-state index in [1.807, 2.05) is 26.0 Å². The summed E-state index contributed by atoms with van der Waals surface area (Å²) >= 11 is 0. The van der Waals surface area contributed by atoms with Gasteiger partial charge in [0, 0.05) is 47.9 Å². The predicted octanol–water partition coefficient (Wildman–Crippen LogP) is 4.66. The van der Waals surface area contributed by atoms with Crippen LogP contribution in [-0.4, -0.2) is 24.5 Å². The van der Waals surface area contributed by atoms with Gasteiger partial charge in [0.25, 0.3) is 0 Å². The van der Waals surface area contributed by atoms with E-state index in [9.17, 15) is 0 Å². The number of fused-ring (bicyclic) bond motifs is 1. The molecule has 1 aromatic carbocycles. The summed E-state index contributed by atoms with van der Waals surface area (Å²) in [5.74, 6) is 3.34. The number of nitrogens with zero attached hydrogens (tertiary/aromatic N) is 5. The Bertz CT molecular complexity index is 1170. The normalized spacial score (nSPS) is 13.8. The lowest BCUT2D eigenvalue weighted by Crippen LogP contribution is -2.03. The molecule has 0 spiro atoms. The van der Waals surface area contributed by atoms with Gasteiger partial charge in [-0.05, 0) is 57.0 Å². The van der Waals surface area contributed by atoms with Crippen LogP contribution >= 0.6 is 0 Å². The van der Waals surface area contributed by atoms with Crippen LogP contribution in [0.15, 0.2) is 42.7 Å². The SMILES string of the molecule is Cc1nc(-c2ccncc2)nc(Nc2ccc3c(c2)nc(C2CC2)n3C)c1C. The van der Waals surface area contributed by atoms with Crippen LogP contribution in [0.4, 0.5) is 11.5 Å². The summed E-state index contributed by atoms with van der Waals surface area (Å²) in [5.41, 5.74) is 6.12. The van der Waals surface area contributed by atoms with Crippen molar-refractivity contribution in [2.24, 2.45) is 7.05 Å². The quantitative estimate of drug-likeness (QED) is 0.566. The Balaban J connectivity index is 1.52. The molecule has 6 nitrogen and oxygen atoms in total. The highest BCUT2D eigenvalue weighted by molar-refractivity contribution is 5.81. The van der Waals surface area contributed by atoms with Gasteiger partial charge in [-0.25, -0.2) is 15.0 Å². The van der Waals surface area contributed by atoms with E-state index < -0.39 is 0 Å². The predicted molar refractivity (Wildman–Crippen MR) is 111 cm³/mol. The van der Waals surface area contributed by atoms with Gasteiger partial charge in [-0.2, -0.15) is 0 Å². The number of anilines is 2. The summed E-state index contributed by atoms with van der Waals surface area (Å²) in [7, 11) is 2.11. The molecule has 1 aliphatic carbocycles. The molecule has 0 amide bonds. The fourth-order valence-corrected chi connectivity index (χ4v) is 3.52. The Morgan fingerprint density at radius 2 is 1.79 bits per heavy atom. The van der Waals surface area contributed by atoms with Crippen molar-refractivity contribution in [1.82, 2.24) is 24.5 Å². The molecule has 6 heteroatoms. The van der Waals surface area contributed by atoms with E-state index in [0.29, 0.717) is 11.7 Å². The van der Waals surface area contributed by atoms with Gasteiger partial charge in [-0.15, -0.1) is 0 Å². The molecule has 1 N–H and O–H groups in total. The highest BCUT2D eigenvalue weighted by Gasteiger charge is 2.28. The fourth-order valence-electron chi connectivity index (χ4n) is 3.52. The topological polar surface area (TPSA) is 68.5 Å². The van der Waals surface area contributed by atoms with Crippen LogP contribution in [0.1, 0.15) is 35.8 Å². The van der Waals surface area contributed by atoms with Crippen molar-refractivity contribution >= 4 is 22.5 Å². The first-order valence-electron chi connectivity index (χ1n) is 9.59. The van der Waals surface area contributed by atoms with Crippen LogP contribution in [0.2, 0.25) is 0 Å². The summed E-state index contributed by atoms with van der Waals surface area (Å²) in [6.45, 7) is 4.05. The lowest BCUT2D eigenvalue weighted by atomic mass is 10.2. The second-order valence-electron chi connectivity index (χ2n) is 7.47. The molecule has 0 bridgehead atoms. The molecule has 0 aliphatic heterocycles. The molecular weight excluding hydrogens is 348 g/mol. The zero-order valence-corrected chi connectivity index (χ0v) is 16.3. The molecule has 5 rings (SSSR count). The molecule has 1 aliphatic rings. The Morgan fingerprint density at radius 1 is 1.00 bits per heavy atom. The van der Waals surface area contributed by atoms with Crippen LogP contribution in [0.3, 0.4) is 0 Å². The molecule has 28 heavy (non-hydrogen) atoms. The van der Waals surface area contributed by atoms with Gasteiger partial charge in [-0.1, -0.05) is 0 Å². The Kier molecular flexibility index (Phi) is 3.86. The van der Waals surface area contributed by atoms with Gasteiger partial charge in [-0.3, -0.25) is 4.98 Å². The van der Waals surface area contributed by atoms with Crippen molar-refractivity contribution < 1.29 is 0 Å². The van der Waals surface area contributed by atoms with Crippen molar-refractivity contribution in [3.8, 4) is 11.4 Å². The minimum absolute atomic E-state index is 0.628. The Labute approximate surface area is 163 Å². The standard InChI is InChI=1S/C22H22N6/c1-13-14(2)24-21(15-8-10-23-11-9-15)27-20(13)25-17-6-7-19-18(12-17)26-22(28(19)3)16-4-5-16/h6-12,16H,4-5H2,1-3H3,(H,24,25,27). The average Bonchev–Trinajstić information content (AvgIpc) is 3.50.